The molecule has 0 aromatic heterocycles. The number of hydrogen-bond acceptors (Lipinski definition) is 4. The maximum Gasteiger partial charge on any atom is 0.115 e. The van der Waals surface area contributed by atoms with Crippen LogP contribution >= 0.6 is 0 Å². The molecule has 0 bridgehead atoms. The molecule has 0 saturated carbocycles. The summed E-state index contributed by atoms with van der Waals surface area (Å²) >= 11 is 0. The van der Waals surface area contributed by atoms with Gasteiger partial charge in [-0.25, -0.2) is 0 Å². The third kappa shape index (κ3) is 6.98. The first kappa shape index (κ1) is 28.1. The second-order valence-electron chi connectivity index (χ2n) is 10.1. The van der Waals surface area contributed by atoms with Gasteiger partial charge in [0.15, 0.2) is 0 Å². The van der Waals surface area contributed by atoms with Gasteiger partial charge in [-0.05, 0) is 81.9 Å². The van der Waals surface area contributed by atoms with Crippen LogP contribution in [-0.2, 0) is 0 Å². The van der Waals surface area contributed by atoms with Gasteiger partial charge in [0, 0.05) is 11.8 Å². The van der Waals surface area contributed by atoms with Crippen LogP contribution in [0.4, 0.5) is 0 Å². The first-order valence-corrected chi connectivity index (χ1v) is 13.7. The van der Waals surface area contributed by atoms with Crippen LogP contribution in [0, 0.1) is 0 Å². The molecule has 6 aromatic rings. The number of aromatic hydroxyl groups is 4. The van der Waals surface area contributed by atoms with Crippen molar-refractivity contribution in [3.8, 4) is 23.0 Å². The zero-order valence-electron chi connectivity index (χ0n) is 23.0. The molecule has 6 aromatic carbocycles. The molecule has 0 radical (unpaired) electrons. The van der Waals surface area contributed by atoms with Crippen molar-refractivity contribution in [3.63, 3.8) is 0 Å². The highest BCUT2D eigenvalue weighted by Crippen LogP contribution is 2.34. The van der Waals surface area contributed by atoms with E-state index in [1.807, 2.05) is 84.9 Å². The van der Waals surface area contributed by atoms with E-state index in [0.29, 0.717) is 0 Å². The molecule has 0 fully saturated rings. The van der Waals surface area contributed by atoms with Gasteiger partial charge in [-0.1, -0.05) is 109 Å². The van der Waals surface area contributed by atoms with Crippen molar-refractivity contribution in [2.45, 2.75) is 11.8 Å². The minimum atomic E-state index is 0.0763. The zero-order valence-corrected chi connectivity index (χ0v) is 23.0. The van der Waals surface area contributed by atoms with E-state index in [1.165, 1.54) is 11.1 Å². The van der Waals surface area contributed by atoms with Gasteiger partial charge in [-0.2, -0.15) is 0 Å². The lowest BCUT2D eigenvalue weighted by atomic mass is 9.85. The Morgan fingerprint density at radius 2 is 0.429 bits per heavy atom. The third-order valence-corrected chi connectivity index (χ3v) is 7.17. The largest absolute Gasteiger partial charge is 0.508 e. The van der Waals surface area contributed by atoms with Gasteiger partial charge in [0.25, 0.3) is 0 Å². The summed E-state index contributed by atoms with van der Waals surface area (Å²) in [5.41, 5.74) is 6.76. The Bertz CT molecular complexity index is 1440. The monoisotopic (exact) mass is 552 g/mol. The average Bonchev–Trinajstić information content (AvgIpc) is 3.03. The Labute approximate surface area is 246 Å². The molecule has 0 aliphatic heterocycles. The lowest BCUT2D eigenvalue weighted by Crippen LogP contribution is -2.02. The number of hydrogen-bond donors (Lipinski definition) is 4. The van der Waals surface area contributed by atoms with Crippen molar-refractivity contribution in [1.82, 2.24) is 0 Å². The van der Waals surface area contributed by atoms with E-state index in [2.05, 4.69) is 24.3 Å². The Hall–Kier alpha value is -5.48. The van der Waals surface area contributed by atoms with E-state index < -0.39 is 0 Å². The molecule has 0 aliphatic carbocycles. The summed E-state index contributed by atoms with van der Waals surface area (Å²) < 4.78 is 0. The van der Waals surface area contributed by atoms with E-state index >= 15 is 0 Å². The van der Waals surface area contributed by atoms with Crippen LogP contribution < -0.4 is 0 Å². The van der Waals surface area contributed by atoms with Crippen molar-refractivity contribution >= 4 is 0 Å². The highest BCUT2D eigenvalue weighted by molar-refractivity contribution is 5.46. The van der Waals surface area contributed by atoms with Crippen LogP contribution in [0.5, 0.6) is 23.0 Å². The quantitative estimate of drug-likeness (QED) is 0.156. The Morgan fingerprint density at radius 1 is 0.238 bits per heavy atom. The van der Waals surface area contributed by atoms with Gasteiger partial charge in [-0.3, -0.25) is 0 Å². The number of phenolic OH excluding ortho intramolecular Hbond substituents is 4. The fraction of sp³-hybridized carbons (Fsp3) is 0.0526. The molecule has 0 atom stereocenters. The molecule has 208 valence electrons. The van der Waals surface area contributed by atoms with Gasteiger partial charge < -0.3 is 20.4 Å². The van der Waals surface area contributed by atoms with Gasteiger partial charge >= 0.3 is 0 Å². The predicted molar refractivity (Wildman–Crippen MR) is 167 cm³/mol. The second-order valence-corrected chi connectivity index (χ2v) is 10.1. The van der Waals surface area contributed by atoms with Crippen molar-refractivity contribution in [3.05, 3.63) is 191 Å². The molecule has 6 rings (SSSR count). The van der Waals surface area contributed by atoms with Crippen LogP contribution in [0.2, 0.25) is 0 Å². The summed E-state index contributed by atoms with van der Waals surface area (Å²) in [6.45, 7) is 0. The summed E-state index contributed by atoms with van der Waals surface area (Å²) in [5, 5.41) is 37.9. The summed E-state index contributed by atoms with van der Waals surface area (Å²) in [6, 6.07) is 49.5. The lowest BCUT2D eigenvalue weighted by molar-refractivity contribution is 0.474. The lowest BCUT2D eigenvalue weighted by Gasteiger charge is -2.19. The first-order chi connectivity index (χ1) is 20.5. The van der Waals surface area contributed by atoms with E-state index in [1.54, 1.807) is 48.5 Å². The summed E-state index contributed by atoms with van der Waals surface area (Å²) in [7, 11) is 0. The molecule has 4 nitrogen and oxygen atoms in total. The second kappa shape index (κ2) is 13.2. The average molecular weight is 553 g/mol. The van der Waals surface area contributed by atoms with E-state index in [9.17, 15) is 20.4 Å². The normalized spacial score (nSPS) is 10.7. The fourth-order valence-electron chi connectivity index (χ4n) is 5.11. The molecular formula is C38H32O4. The molecule has 0 spiro atoms. The SMILES string of the molecule is Oc1ccc(C(c2ccccc2)c2ccc(O)cc2)cc1.Oc1ccc(C(c2ccccc2)c2ccc(O)cc2)cc1. The van der Waals surface area contributed by atoms with Crippen LogP contribution in [0.15, 0.2) is 158 Å². The maximum absolute atomic E-state index is 9.48. The molecule has 42 heavy (non-hydrogen) atoms. The third-order valence-electron chi connectivity index (χ3n) is 7.17. The molecule has 0 aliphatic rings. The Kier molecular flexibility index (Phi) is 8.85. The van der Waals surface area contributed by atoms with Crippen LogP contribution in [-0.4, -0.2) is 20.4 Å². The van der Waals surface area contributed by atoms with Crippen molar-refractivity contribution in [1.29, 1.82) is 0 Å². The number of rotatable bonds is 6. The van der Waals surface area contributed by atoms with Crippen LogP contribution in [0.1, 0.15) is 45.2 Å². The summed E-state index contributed by atoms with van der Waals surface area (Å²) in [6.07, 6.45) is 0. The molecule has 0 amide bonds. The van der Waals surface area contributed by atoms with Gasteiger partial charge in [0.05, 0.1) is 0 Å². The standard InChI is InChI=1S/2C19H16O2/c2*20-17-10-6-15(7-11-17)19(14-4-2-1-3-5-14)16-8-12-18(21)13-9-16/h2*1-13,19-21H. The Morgan fingerprint density at radius 3 is 0.643 bits per heavy atom. The van der Waals surface area contributed by atoms with E-state index in [-0.39, 0.29) is 34.8 Å². The first-order valence-electron chi connectivity index (χ1n) is 13.7. The van der Waals surface area contributed by atoms with E-state index in [0.717, 1.165) is 22.3 Å². The highest BCUT2D eigenvalue weighted by atomic mass is 16.3. The van der Waals surface area contributed by atoms with Gasteiger partial charge in [-0.15, -0.1) is 0 Å². The molecule has 4 heteroatoms. The van der Waals surface area contributed by atoms with Gasteiger partial charge in [0.2, 0.25) is 0 Å². The van der Waals surface area contributed by atoms with Crippen LogP contribution in [0.3, 0.4) is 0 Å². The number of phenols is 4. The molecule has 0 saturated heterocycles. The van der Waals surface area contributed by atoms with Crippen molar-refractivity contribution in [2.24, 2.45) is 0 Å². The minimum absolute atomic E-state index is 0.0763. The van der Waals surface area contributed by atoms with Crippen molar-refractivity contribution < 1.29 is 20.4 Å². The Balaban J connectivity index is 0.000000168. The highest BCUT2D eigenvalue weighted by Gasteiger charge is 2.17. The molecule has 0 heterocycles. The zero-order chi connectivity index (χ0) is 29.3. The van der Waals surface area contributed by atoms with Crippen molar-refractivity contribution in [2.75, 3.05) is 0 Å². The minimum Gasteiger partial charge on any atom is -0.508 e. The maximum atomic E-state index is 9.48. The van der Waals surface area contributed by atoms with E-state index in [4.69, 9.17) is 0 Å². The fourth-order valence-corrected chi connectivity index (χ4v) is 5.11. The molecule has 4 N–H and O–H groups in total. The smallest absolute Gasteiger partial charge is 0.115 e. The topological polar surface area (TPSA) is 80.9 Å². The molecule has 0 unspecified atom stereocenters. The predicted octanol–water partition coefficient (Wildman–Crippen LogP) is 8.56. The summed E-state index contributed by atoms with van der Waals surface area (Å²) in [4.78, 5) is 0. The summed E-state index contributed by atoms with van der Waals surface area (Å²) in [5.74, 6) is 1.19. The molecular weight excluding hydrogens is 520 g/mol. The van der Waals surface area contributed by atoms with Gasteiger partial charge in [0.1, 0.15) is 23.0 Å². The number of benzene rings is 6. The van der Waals surface area contributed by atoms with Crippen LogP contribution in [0.25, 0.3) is 0 Å².